The van der Waals surface area contributed by atoms with Gasteiger partial charge in [-0.25, -0.2) is 9.97 Å². The van der Waals surface area contributed by atoms with Gasteiger partial charge in [-0.2, -0.15) is 0 Å². The number of hydrogen-bond acceptors (Lipinski definition) is 5. The predicted octanol–water partition coefficient (Wildman–Crippen LogP) is 4.74. The van der Waals surface area contributed by atoms with Crippen molar-refractivity contribution in [2.45, 2.75) is 6.54 Å². The van der Waals surface area contributed by atoms with Crippen LogP contribution in [-0.2, 0) is 11.3 Å². The highest BCUT2D eigenvalue weighted by atomic mass is 35.5. The second kappa shape index (κ2) is 8.37. The van der Waals surface area contributed by atoms with Crippen molar-refractivity contribution in [2.24, 2.45) is 0 Å². The molecule has 0 saturated heterocycles. The number of fused-ring (bicyclic) bond motifs is 1. The van der Waals surface area contributed by atoms with Crippen molar-refractivity contribution in [3.8, 4) is 10.4 Å². The van der Waals surface area contributed by atoms with Crippen LogP contribution in [0.15, 0.2) is 67.0 Å². The highest BCUT2D eigenvalue weighted by Crippen LogP contribution is 2.34. The number of nitrogens with one attached hydrogen (secondary N) is 2. The second-order valence-electron chi connectivity index (χ2n) is 6.14. The van der Waals surface area contributed by atoms with Crippen LogP contribution < -0.4 is 10.6 Å². The van der Waals surface area contributed by atoms with Crippen LogP contribution in [-0.4, -0.2) is 22.4 Å². The Hall–Kier alpha value is -2.96. The van der Waals surface area contributed by atoms with Crippen LogP contribution in [0.4, 0.5) is 5.82 Å². The highest BCUT2D eigenvalue weighted by Gasteiger charge is 2.11. The summed E-state index contributed by atoms with van der Waals surface area (Å²) in [5.74, 6) is 0.515. The lowest BCUT2D eigenvalue weighted by molar-refractivity contribution is -0.119. The molecule has 0 bridgehead atoms. The molecule has 2 heterocycles. The quantitative estimate of drug-likeness (QED) is 0.483. The van der Waals surface area contributed by atoms with Gasteiger partial charge in [-0.1, -0.05) is 60.1 Å². The number of aromatic nitrogens is 2. The summed E-state index contributed by atoms with van der Waals surface area (Å²) < 4.78 is 0. The molecule has 0 aliphatic rings. The zero-order chi connectivity index (χ0) is 19.3. The monoisotopic (exact) mass is 408 g/mol. The van der Waals surface area contributed by atoms with Crippen LogP contribution in [0.3, 0.4) is 0 Å². The standard InChI is InChI=1S/C21H17ClN4OS/c22-17-9-5-4-8-15(17)11-23-19(27)12-24-20-16-10-18(14-6-2-1-3-7-14)28-21(16)26-13-25-20/h1-10,13H,11-12H2,(H,23,27)(H,24,25,26). The number of rotatable bonds is 6. The van der Waals surface area contributed by atoms with Crippen LogP contribution in [0.2, 0.25) is 5.02 Å². The molecule has 1 amide bonds. The van der Waals surface area contributed by atoms with Crippen molar-refractivity contribution in [3.05, 3.63) is 77.6 Å². The van der Waals surface area contributed by atoms with E-state index in [4.69, 9.17) is 11.6 Å². The Morgan fingerprint density at radius 2 is 1.82 bits per heavy atom. The van der Waals surface area contributed by atoms with Gasteiger partial charge in [-0.3, -0.25) is 4.79 Å². The van der Waals surface area contributed by atoms with Crippen molar-refractivity contribution >= 4 is 44.9 Å². The van der Waals surface area contributed by atoms with E-state index >= 15 is 0 Å². The average molecular weight is 409 g/mol. The van der Waals surface area contributed by atoms with Crippen molar-refractivity contribution in [1.82, 2.24) is 15.3 Å². The number of benzene rings is 2. The summed E-state index contributed by atoms with van der Waals surface area (Å²) in [5.41, 5.74) is 2.02. The lowest BCUT2D eigenvalue weighted by Gasteiger charge is -2.08. The first-order valence-electron chi connectivity index (χ1n) is 8.74. The normalized spacial score (nSPS) is 10.8. The Bertz CT molecular complexity index is 1110. The minimum atomic E-state index is -0.134. The Morgan fingerprint density at radius 1 is 1.04 bits per heavy atom. The molecule has 2 N–H and O–H groups in total. The number of nitrogens with zero attached hydrogens (tertiary/aromatic N) is 2. The summed E-state index contributed by atoms with van der Waals surface area (Å²) in [4.78, 5) is 22.9. The SMILES string of the molecule is O=C(CNc1ncnc2sc(-c3ccccc3)cc12)NCc1ccccc1Cl. The van der Waals surface area contributed by atoms with Crippen LogP contribution in [0.5, 0.6) is 0 Å². The van der Waals surface area contributed by atoms with Gasteiger partial charge < -0.3 is 10.6 Å². The maximum Gasteiger partial charge on any atom is 0.239 e. The minimum absolute atomic E-state index is 0.118. The molecule has 0 fully saturated rings. The van der Waals surface area contributed by atoms with Crippen molar-refractivity contribution < 1.29 is 4.79 Å². The third-order valence-corrected chi connectivity index (χ3v) is 5.70. The molecule has 5 nitrogen and oxygen atoms in total. The van der Waals surface area contributed by atoms with E-state index in [9.17, 15) is 4.79 Å². The summed E-state index contributed by atoms with van der Waals surface area (Å²) in [6.07, 6.45) is 1.51. The van der Waals surface area contributed by atoms with E-state index in [0.29, 0.717) is 17.4 Å². The molecule has 4 aromatic rings. The first-order chi connectivity index (χ1) is 13.7. The number of hydrogen-bond donors (Lipinski definition) is 2. The number of thiophene rings is 1. The first-order valence-corrected chi connectivity index (χ1v) is 9.94. The number of anilines is 1. The van der Waals surface area contributed by atoms with Gasteiger partial charge in [0.15, 0.2) is 0 Å². The first kappa shape index (κ1) is 18.4. The summed E-state index contributed by atoms with van der Waals surface area (Å²) >= 11 is 7.72. The molecule has 2 aromatic carbocycles. The van der Waals surface area contributed by atoms with E-state index in [0.717, 1.165) is 26.2 Å². The fraction of sp³-hybridized carbons (Fsp3) is 0.0952. The molecule has 0 saturated carbocycles. The summed E-state index contributed by atoms with van der Waals surface area (Å²) in [6, 6.07) is 19.6. The van der Waals surface area contributed by atoms with E-state index in [-0.39, 0.29) is 12.5 Å². The van der Waals surface area contributed by atoms with Gasteiger partial charge in [0.2, 0.25) is 5.91 Å². The van der Waals surface area contributed by atoms with E-state index in [1.807, 2.05) is 36.4 Å². The largest absolute Gasteiger partial charge is 0.360 e. The Labute approximate surface area is 171 Å². The maximum atomic E-state index is 12.2. The summed E-state index contributed by atoms with van der Waals surface area (Å²) in [5, 5.41) is 7.52. The molecule has 0 radical (unpaired) electrons. The van der Waals surface area contributed by atoms with Gasteiger partial charge in [0.25, 0.3) is 0 Å². The molecule has 0 unspecified atom stereocenters. The Balaban J connectivity index is 1.44. The van der Waals surface area contributed by atoms with Crippen molar-refractivity contribution in [3.63, 3.8) is 0 Å². The van der Waals surface area contributed by atoms with Crippen molar-refractivity contribution in [1.29, 1.82) is 0 Å². The molecule has 0 atom stereocenters. The molecule has 0 spiro atoms. The lowest BCUT2D eigenvalue weighted by Crippen LogP contribution is -2.29. The fourth-order valence-corrected chi connectivity index (χ4v) is 4.01. The van der Waals surface area contributed by atoms with Gasteiger partial charge in [0.05, 0.1) is 11.9 Å². The van der Waals surface area contributed by atoms with Gasteiger partial charge >= 0.3 is 0 Å². The van der Waals surface area contributed by atoms with E-state index in [1.165, 1.54) is 6.33 Å². The molecule has 2 aromatic heterocycles. The molecular formula is C21H17ClN4OS. The van der Waals surface area contributed by atoms with Gasteiger partial charge in [0, 0.05) is 16.4 Å². The zero-order valence-corrected chi connectivity index (χ0v) is 16.4. The highest BCUT2D eigenvalue weighted by molar-refractivity contribution is 7.21. The van der Waals surface area contributed by atoms with Crippen LogP contribution in [0.1, 0.15) is 5.56 Å². The molecule has 7 heteroatoms. The second-order valence-corrected chi connectivity index (χ2v) is 7.58. The fourth-order valence-electron chi connectivity index (χ4n) is 2.80. The molecule has 0 aliphatic carbocycles. The minimum Gasteiger partial charge on any atom is -0.360 e. The topological polar surface area (TPSA) is 66.9 Å². The van der Waals surface area contributed by atoms with Crippen LogP contribution in [0, 0.1) is 0 Å². The summed E-state index contributed by atoms with van der Waals surface area (Å²) in [7, 11) is 0. The van der Waals surface area contributed by atoms with E-state index in [1.54, 1.807) is 17.4 Å². The average Bonchev–Trinajstić information content (AvgIpc) is 3.17. The van der Waals surface area contributed by atoms with Crippen molar-refractivity contribution in [2.75, 3.05) is 11.9 Å². The van der Waals surface area contributed by atoms with Crippen LogP contribution >= 0.6 is 22.9 Å². The lowest BCUT2D eigenvalue weighted by atomic mass is 10.2. The molecule has 4 rings (SSSR count). The Kier molecular flexibility index (Phi) is 5.50. The van der Waals surface area contributed by atoms with Gasteiger partial charge in [-0.15, -0.1) is 11.3 Å². The zero-order valence-electron chi connectivity index (χ0n) is 14.9. The smallest absolute Gasteiger partial charge is 0.239 e. The predicted molar refractivity (Wildman–Crippen MR) is 115 cm³/mol. The van der Waals surface area contributed by atoms with E-state index in [2.05, 4.69) is 38.8 Å². The maximum absolute atomic E-state index is 12.2. The molecule has 140 valence electrons. The third kappa shape index (κ3) is 4.13. The third-order valence-electron chi connectivity index (χ3n) is 4.24. The molecular weight excluding hydrogens is 392 g/mol. The molecule has 0 aliphatic heterocycles. The van der Waals surface area contributed by atoms with Gasteiger partial charge in [0.1, 0.15) is 17.0 Å². The van der Waals surface area contributed by atoms with Crippen LogP contribution in [0.25, 0.3) is 20.7 Å². The Morgan fingerprint density at radius 3 is 2.64 bits per heavy atom. The number of halogens is 1. The number of carbonyl (C=O) groups excluding carboxylic acids is 1. The number of amides is 1. The number of carbonyl (C=O) groups is 1. The molecule has 28 heavy (non-hydrogen) atoms. The summed E-state index contributed by atoms with van der Waals surface area (Å²) in [6.45, 7) is 0.503. The van der Waals surface area contributed by atoms with Gasteiger partial charge in [-0.05, 0) is 23.3 Å². The van der Waals surface area contributed by atoms with E-state index < -0.39 is 0 Å².